The number of piperazine rings is 1. The molecule has 24 heavy (non-hydrogen) atoms. The molecule has 2 aromatic rings. The largest absolute Gasteiger partial charge is 0.368 e. The molecule has 1 N–H and O–H groups in total. The van der Waals surface area contributed by atoms with Crippen LogP contribution in [0.2, 0.25) is 5.02 Å². The van der Waals surface area contributed by atoms with Gasteiger partial charge in [0.1, 0.15) is 0 Å². The number of nitrogens with one attached hydrogen (secondary N) is 1. The highest BCUT2D eigenvalue weighted by molar-refractivity contribution is 9.10. The van der Waals surface area contributed by atoms with Crippen LogP contribution in [0.15, 0.2) is 46.9 Å². The van der Waals surface area contributed by atoms with E-state index in [1.807, 2.05) is 54.3 Å². The Morgan fingerprint density at radius 3 is 2.54 bits per heavy atom. The number of carbonyl (C=O) groups is 1. The minimum absolute atomic E-state index is 0.0645. The van der Waals surface area contributed by atoms with Crippen LogP contribution in [0, 0.1) is 6.92 Å². The molecule has 126 valence electrons. The monoisotopic (exact) mass is 407 g/mol. The summed E-state index contributed by atoms with van der Waals surface area (Å²) in [7, 11) is 0. The molecule has 1 aliphatic rings. The molecule has 0 aliphatic carbocycles. The van der Waals surface area contributed by atoms with E-state index in [1.165, 1.54) is 0 Å². The van der Waals surface area contributed by atoms with E-state index in [0.717, 1.165) is 39.5 Å². The van der Waals surface area contributed by atoms with Crippen LogP contribution in [-0.4, -0.2) is 37.1 Å². The van der Waals surface area contributed by atoms with Crippen molar-refractivity contribution in [1.82, 2.24) is 4.90 Å². The van der Waals surface area contributed by atoms with Crippen LogP contribution in [-0.2, 0) is 0 Å². The van der Waals surface area contributed by atoms with Crippen LogP contribution in [0.5, 0.6) is 0 Å². The second-order valence-corrected chi connectivity index (χ2v) is 7.16. The Balaban J connectivity index is 1.59. The zero-order valence-corrected chi connectivity index (χ0v) is 15.8. The van der Waals surface area contributed by atoms with Crippen LogP contribution in [0.1, 0.15) is 5.56 Å². The predicted octanol–water partition coefficient (Wildman–Crippen LogP) is 4.77. The molecule has 3 rings (SSSR count). The lowest BCUT2D eigenvalue weighted by molar-refractivity contribution is 0.208. The SMILES string of the molecule is Cc1ccc(NC(=O)N2CCN(c3cccc(Cl)c3)CC2)c(Br)c1. The van der Waals surface area contributed by atoms with Gasteiger partial charge < -0.3 is 15.1 Å². The summed E-state index contributed by atoms with van der Waals surface area (Å²) >= 11 is 9.55. The zero-order chi connectivity index (χ0) is 17.1. The maximum Gasteiger partial charge on any atom is 0.321 e. The van der Waals surface area contributed by atoms with Gasteiger partial charge in [0, 0.05) is 41.4 Å². The van der Waals surface area contributed by atoms with Crippen molar-refractivity contribution in [2.24, 2.45) is 0 Å². The fraction of sp³-hybridized carbons (Fsp3) is 0.278. The fourth-order valence-corrected chi connectivity index (χ4v) is 3.53. The molecule has 2 aromatic carbocycles. The molecular weight excluding hydrogens is 390 g/mol. The van der Waals surface area contributed by atoms with Gasteiger partial charge >= 0.3 is 6.03 Å². The number of hydrogen-bond acceptors (Lipinski definition) is 2. The molecule has 0 bridgehead atoms. The number of nitrogens with zero attached hydrogens (tertiary/aromatic N) is 2. The lowest BCUT2D eigenvalue weighted by Crippen LogP contribution is -2.50. The lowest BCUT2D eigenvalue weighted by Gasteiger charge is -2.36. The van der Waals surface area contributed by atoms with Gasteiger partial charge in [-0.25, -0.2) is 4.79 Å². The Morgan fingerprint density at radius 2 is 1.88 bits per heavy atom. The molecule has 1 heterocycles. The number of halogens is 2. The maximum atomic E-state index is 12.5. The first-order chi connectivity index (χ1) is 11.5. The summed E-state index contributed by atoms with van der Waals surface area (Å²) in [6.45, 7) is 4.97. The lowest BCUT2D eigenvalue weighted by atomic mass is 10.2. The summed E-state index contributed by atoms with van der Waals surface area (Å²) in [5.74, 6) is 0. The number of rotatable bonds is 2. The van der Waals surface area contributed by atoms with Gasteiger partial charge in [-0.3, -0.25) is 0 Å². The molecule has 0 aromatic heterocycles. The molecule has 0 spiro atoms. The molecule has 1 saturated heterocycles. The quantitative estimate of drug-likeness (QED) is 0.777. The standard InChI is InChI=1S/C18H19BrClN3O/c1-13-5-6-17(16(19)11-13)21-18(24)23-9-7-22(8-10-23)15-4-2-3-14(20)12-15/h2-6,11-12H,7-10H2,1H3,(H,21,24). The highest BCUT2D eigenvalue weighted by Crippen LogP contribution is 2.24. The smallest absolute Gasteiger partial charge is 0.321 e. The van der Waals surface area contributed by atoms with E-state index in [1.54, 1.807) is 0 Å². The predicted molar refractivity (Wildman–Crippen MR) is 103 cm³/mol. The van der Waals surface area contributed by atoms with Crippen LogP contribution in [0.25, 0.3) is 0 Å². The van der Waals surface area contributed by atoms with E-state index in [4.69, 9.17) is 11.6 Å². The summed E-state index contributed by atoms with van der Waals surface area (Å²) in [5.41, 5.74) is 3.04. The Morgan fingerprint density at radius 1 is 1.12 bits per heavy atom. The minimum Gasteiger partial charge on any atom is -0.368 e. The van der Waals surface area contributed by atoms with E-state index in [0.29, 0.717) is 13.1 Å². The second kappa shape index (κ2) is 7.45. The molecular formula is C18H19BrClN3O. The number of aryl methyl sites for hydroxylation is 1. The van der Waals surface area contributed by atoms with Gasteiger partial charge in [0.05, 0.1) is 5.69 Å². The maximum absolute atomic E-state index is 12.5. The number of benzene rings is 2. The van der Waals surface area contributed by atoms with Gasteiger partial charge in [0.25, 0.3) is 0 Å². The van der Waals surface area contributed by atoms with Crippen LogP contribution in [0.4, 0.5) is 16.2 Å². The van der Waals surface area contributed by atoms with Crippen molar-refractivity contribution in [3.8, 4) is 0 Å². The molecule has 4 nitrogen and oxygen atoms in total. The molecule has 1 fully saturated rings. The first-order valence-electron chi connectivity index (χ1n) is 7.85. The van der Waals surface area contributed by atoms with Crippen LogP contribution < -0.4 is 10.2 Å². The zero-order valence-electron chi connectivity index (χ0n) is 13.4. The Kier molecular flexibility index (Phi) is 5.31. The van der Waals surface area contributed by atoms with Crippen molar-refractivity contribution in [3.05, 3.63) is 57.5 Å². The summed E-state index contributed by atoms with van der Waals surface area (Å²) in [5, 5.41) is 3.70. The van der Waals surface area contributed by atoms with Gasteiger partial charge in [-0.15, -0.1) is 0 Å². The summed E-state index contributed by atoms with van der Waals surface area (Å²) in [6, 6.07) is 13.7. The highest BCUT2D eigenvalue weighted by atomic mass is 79.9. The van der Waals surface area contributed by atoms with Crippen molar-refractivity contribution < 1.29 is 4.79 Å². The van der Waals surface area contributed by atoms with E-state index in [-0.39, 0.29) is 6.03 Å². The van der Waals surface area contributed by atoms with Crippen molar-refractivity contribution in [2.75, 3.05) is 36.4 Å². The van der Waals surface area contributed by atoms with Crippen LogP contribution >= 0.6 is 27.5 Å². The Labute approximate surface area is 155 Å². The molecule has 0 unspecified atom stereocenters. The third-order valence-electron chi connectivity index (χ3n) is 4.11. The summed E-state index contributed by atoms with van der Waals surface area (Å²) < 4.78 is 0.897. The van der Waals surface area contributed by atoms with Gasteiger partial charge in [0.15, 0.2) is 0 Å². The highest BCUT2D eigenvalue weighted by Gasteiger charge is 2.21. The summed E-state index contributed by atoms with van der Waals surface area (Å²) in [6.07, 6.45) is 0. The third kappa shape index (κ3) is 4.02. The molecule has 2 amide bonds. The van der Waals surface area contributed by atoms with Crippen molar-refractivity contribution in [2.45, 2.75) is 6.92 Å². The second-order valence-electron chi connectivity index (χ2n) is 5.87. The van der Waals surface area contributed by atoms with Gasteiger partial charge in [-0.2, -0.15) is 0 Å². The number of anilines is 2. The first-order valence-corrected chi connectivity index (χ1v) is 9.02. The van der Waals surface area contributed by atoms with E-state index in [9.17, 15) is 4.79 Å². The number of carbonyl (C=O) groups excluding carboxylic acids is 1. The average Bonchev–Trinajstić information content (AvgIpc) is 2.57. The van der Waals surface area contributed by atoms with E-state index in [2.05, 4.69) is 26.1 Å². The third-order valence-corrected chi connectivity index (χ3v) is 5.00. The molecule has 0 saturated carbocycles. The number of hydrogen-bond donors (Lipinski definition) is 1. The van der Waals surface area contributed by atoms with Crippen molar-refractivity contribution >= 4 is 44.9 Å². The topological polar surface area (TPSA) is 35.6 Å². The average molecular weight is 409 g/mol. The summed E-state index contributed by atoms with van der Waals surface area (Å²) in [4.78, 5) is 16.5. The molecule has 1 aliphatic heterocycles. The molecule has 6 heteroatoms. The fourth-order valence-electron chi connectivity index (χ4n) is 2.76. The molecule has 0 atom stereocenters. The first kappa shape index (κ1) is 17.1. The van der Waals surface area contributed by atoms with Crippen LogP contribution in [0.3, 0.4) is 0 Å². The van der Waals surface area contributed by atoms with Gasteiger partial charge in [-0.05, 0) is 58.7 Å². The molecule has 0 radical (unpaired) electrons. The number of amides is 2. The normalized spacial score (nSPS) is 14.6. The number of urea groups is 1. The Hall–Kier alpha value is -1.72. The minimum atomic E-state index is -0.0645. The van der Waals surface area contributed by atoms with Crippen molar-refractivity contribution in [3.63, 3.8) is 0 Å². The Bertz CT molecular complexity index is 745. The van der Waals surface area contributed by atoms with Gasteiger partial charge in [-0.1, -0.05) is 23.7 Å². The van der Waals surface area contributed by atoms with Gasteiger partial charge in [0.2, 0.25) is 0 Å². The van der Waals surface area contributed by atoms with E-state index >= 15 is 0 Å². The van der Waals surface area contributed by atoms with Crippen molar-refractivity contribution in [1.29, 1.82) is 0 Å². The van der Waals surface area contributed by atoms with E-state index < -0.39 is 0 Å².